The van der Waals surface area contributed by atoms with Crippen LogP contribution in [0, 0.1) is 0 Å². The summed E-state index contributed by atoms with van der Waals surface area (Å²) in [7, 11) is 1.70. The molecule has 1 rings (SSSR count). The molecule has 0 saturated carbocycles. The summed E-state index contributed by atoms with van der Waals surface area (Å²) in [6.45, 7) is 1.93. The van der Waals surface area contributed by atoms with Crippen LogP contribution in [0.15, 0.2) is 6.07 Å². The van der Waals surface area contributed by atoms with Gasteiger partial charge in [0.25, 0.3) is 0 Å². The molecule has 0 aliphatic heterocycles. The topological polar surface area (TPSA) is 29.0 Å². The van der Waals surface area contributed by atoms with Crippen LogP contribution in [-0.4, -0.2) is 35.1 Å². The lowest BCUT2D eigenvalue weighted by atomic mass is 10.2. The number of anilines is 1. The van der Waals surface area contributed by atoms with Crippen molar-refractivity contribution in [2.45, 2.75) is 25.6 Å². The second-order valence-electron chi connectivity index (χ2n) is 4.11. The molecule has 0 spiro atoms. The first kappa shape index (κ1) is 16.4. The van der Waals surface area contributed by atoms with Crippen molar-refractivity contribution in [3.05, 3.63) is 17.0 Å². The van der Waals surface area contributed by atoms with Gasteiger partial charge in [-0.2, -0.15) is 24.9 Å². The Morgan fingerprint density at radius 2 is 2.05 bits per heavy atom. The highest BCUT2D eigenvalue weighted by Crippen LogP contribution is 2.29. The van der Waals surface area contributed by atoms with E-state index < -0.39 is 12.0 Å². The van der Waals surface area contributed by atoms with Gasteiger partial charge in [-0.3, -0.25) is 0 Å². The standard InChI is InChI=1S/C11H15ClF3N3S/c1-7(4-5-19-3)18(2)9-6-8(12)16-10(17-9)11(13,14)15/h6-7H,4-5H2,1-3H3. The van der Waals surface area contributed by atoms with E-state index in [9.17, 15) is 13.2 Å². The lowest BCUT2D eigenvalue weighted by Crippen LogP contribution is -2.31. The summed E-state index contributed by atoms with van der Waals surface area (Å²) >= 11 is 7.31. The number of alkyl halides is 3. The molecule has 0 aliphatic rings. The molecule has 0 fully saturated rings. The summed E-state index contributed by atoms with van der Waals surface area (Å²) in [6, 6.07) is 1.41. The maximum Gasteiger partial charge on any atom is 0.451 e. The van der Waals surface area contributed by atoms with Gasteiger partial charge in [-0.05, 0) is 25.4 Å². The summed E-state index contributed by atoms with van der Waals surface area (Å²) < 4.78 is 37.8. The van der Waals surface area contributed by atoms with Gasteiger partial charge in [0, 0.05) is 19.2 Å². The van der Waals surface area contributed by atoms with Gasteiger partial charge in [-0.25, -0.2) is 9.97 Å². The Morgan fingerprint density at radius 1 is 1.42 bits per heavy atom. The normalized spacial score (nSPS) is 13.4. The van der Waals surface area contributed by atoms with E-state index in [1.54, 1.807) is 23.7 Å². The number of hydrogen-bond donors (Lipinski definition) is 0. The third kappa shape index (κ3) is 4.72. The Labute approximate surface area is 119 Å². The van der Waals surface area contributed by atoms with Crippen LogP contribution in [0.3, 0.4) is 0 Å². The molecule has 19 heavy (non-hydrogen) atoms. The molecule has 108 valence electrons. The minimum atomic E-state index is -4.59. The molecule has 0 radical (unpaired) electrons. The average molecular weight is 314 g/mol. The van der Waals surface area contributed by atoms with Crippen molar-refractivity contribution in [3.8, 4) is 0 Å². The first-order valence-electron chi connectivity index (χ1n) is 5.59. The Hall–Kier alpha value is -0.690. The predicted molar refractivity (Wildman–Crippen MR) is 72.9 cm³/mol. The van der Waals surface area contributed by atoms with E-state index in [2.05, 4.69) is 9.97 Å². The SMILES string of the molecule is CSCCC(C)N(C)c1cc(Cl)nc(C(F)(F)F)n1. The second-order valence-corrected chi connectivity index (χ2v) is 5.48. The van der Waals surface area contributed by atoms with Gasteiger partial charge in [0.1, 0.15) is 11.0 Å². The highest BCUT2D eigenvalue weighted by atomic mass is 35.5. The van der Waals surface area contributed by atoms with Gasteiger partial charge in [-0.1, -0.05) is 11.6 Å². The smallest absolute Gasteiger partial charge is 0.357 e. The largest absolute Gasteiger partial charge is 0.451 e. The predicted octanol–water partition coefficient (Wildman–Crippen LogP) is 3.73. The number of halogens is 4. The van der Waals surface area contributed by atoms with Gasteiger partial charge in [0.15, 0.2) is 0 Å². The molecule has 1 atom stereocenters. The second kappa shape index (κ2) is 6.65. The number of nitrogens with zero attached hydrogens (tertiary/aromatic N) is 3. The molecule has 1 heterocycles. The van der Waals surface area contributed by atoms with Crippen LogP contribution >= 0.6 is 23.4 Å². The molecule has 0 bridgehead atoms. The van der Waals surface area contributed by atoms with Crippen molar-refractivity contribution in [2.24, 2.45) is 0 Å². The Balaban J connectivity index is 2.97. The summed E-state index contributed by atoms with van der Waals surface area (Å²) in [4.78, 5) is 8.42. The zero-order chi connectivity index (χ0) is 14.6. The van der Waals surface area contributed by atoms with Crippen molar-refractivity contribution >= 4 is 29.2 Å². The zero-order valence-corrected chi connectivity index (χ0v) is 12.4. The van der Waals surface area contributed by atoms with Crippen LogP contribution in [0.25, 0.3) is 0 Å². The van der Waals surface area contributed by atoms with Crippen LogP contribution < -0.4 is 4.90 Å². The molecule has 0 amide bonds. The van der Waals surface area contributed by atoms with E-state index in [0.29, 0.717) is 0 Å². The molecule has 0 aliphatic carbocycles. The molecule has 1 unspecified atom stereocenters. The molecular weight excluding hydrogens is 299 g/mol. The Kier molecular flexibility index (Phi) is 5.73. The molecule has 8 heteroatoms. The van der Waals surface area contributed by atoms with Crippen molar-refractivity contribution < 1.29 is 13.2 Å². The average Bonchev–Trinajstić information content (AvgIpc) is 2.33. The lowest BCUT2D eigenvalue weighted by Gasteiger charge is -2.26. The van der Waals surface area contributed by atoms with E-state index in [4.69, 9.17) is 11.6 Å². The minimum Gasteiger partial charge on any atom is -0.357 e. The fraction of sp³-hybridized carbons (Fsp3) is 0.636. The fourth-order valence-corrected chi connectivity index (χ4v) is 2.18. The zero-order valence-electron chi connectivity index (χ0n) is 10.8. The summed E-state index contributed by atoms with van der Waals surface area (Å²) in [5, 5.41) is -0.207. The molecular formula is C11H15ClF3N3S. The number of aromatic nitrogens is 2. The summed E-state index contributed by atoms with van der Waals surface area (Å²) in [5.74, 6) is -0.101. The van der Waals surface area contributed by atoms with E-state index in [1.807, 2.05) is 13.2 Å². The van der Waals surface area contributed by atoms with Crippen molar-refractivity contribution in [2.75, 3.05) is 24.0 Å². The monoisotopic (exact) mass is 313 g/mol. The van der Waals surface area contributed by atoms with Crippen LogP contribution in [0.2, 0.25) is 5.15 Å². The first-order valence-corrected chi connectivity index (χ1v) is 7.36. The van der Waals surface area contributed by atoms with Gasteiger partial charge in [-0.15, -0.1) is 0 Å². The minimum absolute atomic E-state index is 0.0690. The van der Waals surface area contributed by atoms with E-state index in [0.717, 1.165) is 12.2 Å². The molecule has 0 N–H and O–H groups in total. The maximum atomic E-state index is 12.6. The van der Waals surface area contributed by atoms with Crippen LogP contribution in [0.5, 0.6) is 0 Å². The third-order valence-electron chi connectivity index (χ3n) is 2.70. The van der Waals surface area contributed by atoms with Gasteiger partial charge in [0.2, 0.25) is 5.82 Å². The molecule has 3 nitrogen and oxygen atoms in total. The fourth-order valence-electron chi connectivity index (χ4n) is 1.42. The van der Waals surface area contributed by atoms with E-state index in [1.165, 1.54) is 6.07 Å². The highest BCUT2D eigenvalue weighted by molar-refractivity contribution is 7.98. The molecule has 0 saturated heterocycles. The molecule has 0 aromatic carbocycles. The van der Waals surface area contributed by atoms with Crippen molar-refractivity contribution in [1.29, 1.82) is 0 Å². The maximum absolute atomic E-state index is 12.6. The Bertz CT molecular complexity index is 428. The molecule has 1 aromatic heterocycles. The number of hydrogen-bond acceptors (Lipinski definition) is 4. The quantitative estimate of drug-likeness (QED) is 0.775. The Morgan fingerprint density at radius 3 is 2.58 bits per heavy atom. The number of thioether (sulfide) groups is 1. The van der Waals surface area contributed by atoms with Gasteiger partial charge >= 0.3 is 6.18 Å². The summed E-state index contributed by atoms with van der Waals surface area (Å²) in [5.41, 5.74) is 0. The van der Waals surface area contributed by atoms with Crippen molar-refractivity contribution in [1.82, 2.24) is 9.97 Å². The van der Waals surface area contributed by atoms with E-state index in [-0.39, 0.29) is 17.0 Å². The van der Waals surface area contributed by atoms with Crippen LogP contribution in [0.1, 0.15) is 19.2 Å². The molecule has 1 aromatic rings. The van der Waals surface area contributed by atoms with Gasteiger partial charge < -0.3 is 4.90 Å². The summed E-state index contributed by atoms with van der Waals surface area (Å²) in [6.07, 6.45) is -1.76. The highest BCUT2D eigenvalue weighted by Gasteiger charge is 2.35. The van der Waals surface area contributed by atoms with Crippen molar-refractivity contribution in [3.63, 3.8) is 0 Å². The first-order chi connectivity index (χ1) is 8.75. The van der Waals surface area contributed by atoms with E-state index >= 15 is 0 Å². The van der Waals surface area contributed by atoms with Crippen LogP contribution in [0.4, 0.5) is 19.0 Å². The van der Waals surface area contributed by atoms with Gasteiger partial charge in [0.05, 0.1) is 0 Å². The van der Waals surface area contributed by atoms with Crippen LogP contribution in [-0.2, 0) is 6.18 Å². The lowest BCUT2D eigenvalue weighted by molar-refractivity contribution is -0.144. The number of rotatable bonds is 5. The third-order valence-corrected chi connectivity index (χ3v) is 3.53.